The maximum Gasteiger partial charge on any atom is 0.306 e. The van der Waals surface area contributed by atoms with Crippen LogP contribution in [-0.2, 0) is 19.1 Å². The fourth-order valence-corrected chi connectivity index (χ4v) is 2.85. The third-order valence-electron chi connectivity index (χ3n) is 4.18. The maximum absolute atomic E-state index is 11.7. The minimum absolute atomic E-state index is 0.0682. The van der Waals surface area contributed by atoms with Crippen molar-refractivity contribution in [2.24, 2.45) is 0 Å². The molecular weight excluding hydrogens is 284 g/mol. The van der Waals surface area contributed by atoms with Gasteiger partial charge in [0.25, 0.3) is 0 Å². The molecule has 0 aromatic carbocycles. The van der Waals surface area contributed by atoms with Crippen LogP contribution in [-0.4, -0.2) is 50.3 Å². The zero-order chi connectivity index (χ0) is 15.6. The average molecular weight is 312 g/mol. The lowest BCUT2D eigenvalue weighted by atomic mass is 10.1. The Labute approximate surface area is 132 Å². The Morgan fingerprint density at radius 1 is 0.727 bits per heavy atom. The SMILES string of the molecule is O=C(CCCCC(=O)OC1CCNCC1)OC1CCNCC1. The highest BCUT2D eigenvalue weighted by Gasteiger charge is 2.18. The molecule has 0 saturated carbocycles. The van der Waals surface area contributed by atoms with Gasteiger partial charge in [-0.1, -0.05) is 0 Å². The van der Waals surface area contributed by atoms with Crippen molar-refractivity contribution in [1.29, 1.82) is 0 Å². The van der Waals surface area contributed by atoms with Crippen molar-refractivity contribution >= 4 is 11.9 Å². The zero-order valence-corrected chi connectivity index (χ0v) is 13.3. The van der Waals surface area contributed by atoms with Gasteiger partial charge < -0.3 is 20.1 Å². The van der Waals surface area contributed by atoms with Crippen LogP contribution in [0.15, 0.2) is 0 Å². The number of unbranched alkanes of at least 4 members (excludes halogenated alkanes) is 1. The highest BCUT2D eigenvalue weighted by atomic mass is 16.5. The molecule has 0 bridgehead atoms. The maximum atomic E-state index is 11.7. The Hall–Kier alpha value is -1.14. The Morgan fingerprint density at radius 2 is 1.09 bits per heavy atom. The molecule has 0 atom stereocenters. The quantitative estimate of drug-likeness (QED) is 0.542. The molecule has 0 aliphatic carbocycles. The summed E-state index contributed by atoms with van der Waals surface area (Å²) in [7, 11) is 0. The highest BCUT2D eigenvalue weighted by molar-refractivity contribution is 5.70. The summed E-state index contributed by atoms with van der Waals surface area (Å²) >= 11 is 0. The molecular formula is C16H28N2O4. The van der Waals surface area contributed by atoms with E-state index in [9.17, 15) is 9.59 Å². The normalized spacial score (nSPS) is 20.5. The van der Waals surface area contributed by atoms with Gasteiger partial charge in [0.15, 0.2) is 0 Å². The number of esters is 2. The molecule has 2 aliphatic rings. The van der Waals surface area contributed by atoms with Gasteiger partial charge in [0.1, 0.15) is 12.2 Å². The number of carbonyl (C=O) groups is 2. The molecule has 2 heterocycles. The van der Waals surface area contributed by atoms with Gasteiger partial charge in [0.05, 0.1) is 0 Å². The van der Waals surface area contributed by atoms with Crippen LogP contribution in [0.5, 0.6) is 0 Å². The van der Waals surface area contributed by atoms with E-state index >= 15 is 0 Å². The van der Waals surface area contributed by atoms with Gasteiger partial charge in [-0.05, 0) is 64.7 Å². The van der Waals surface area contributed by atoms with Crippen molar-refractivity contribution < 1.29 is 19.1 Å². The molecule has 0 unspecified atom stereocenters. The molecule has 6 nitrogen and oxygen atoms in total. The minimum atomic E-state index is -0.140. The summed E-state index contributed by atoms with van der Waals surface area (Å²) in [6.45, 7) is 3.67. The predicted octanol–water partition coefficient (Wildman–Crippen LogP) is 1.14. The molecule has 0 aromatic heterocycles. The highest BCUT2D eigenvalue weighted by Crippen LogP contribution is 2.12. The van der Waals surface area contributed by atoms with Crippen LogP contribution in [0, 0.1) is 0 Å². The molecule has 2 saturated heterocycles. The second-order valence-electron chi connectivity index (χ2n) is 6.09. The zero-order valence-electron chi connectivity index (χ0n) is 13.3. The number of hydrogen-bond donors (Lipinski definition) is 2. The third-order valence-corrected chi connectivity index (χ3v) is 4.18. The van der Waals surface area contributed by atoms with Gasteiger partial charge in [-0.2, -0.15) is 0 Å². The van der Waals surface area contributed by atoms with Crippen molar-refractivity contribution in [3.63, 3.8) is 0 Å². The number of ether oxygens (including phenoxy) is 2. The molecule has 2 rings (SSSR count). The summed E-state index contributed by atoms with van der Waals surface area (Å²) in [5.74, 6) is -0.280. The van der Waals surface area contributed by atoms with Gasteiger partial charge in [-0.15, -0.1) is 0 Å². The number of carbonyl (C=O) groups excluding carboxylic acids is 2. The topological polar surface area (TPSA) is 76.7 Å². The number of piperidine rings is 2. The molecule has 126 valence electrons. The van der Waals surface area contributed by atoms with Crippen molar-refractivity contribution in [3.8, 4) is 0 Å². The summed E-state index contributed by atoms with van der Waals surface area (Å²) < 4.78 is 10.8. The van der Waals surface area contributed by atoms with Crippen LogP contribution in [0.3, 0.4) is 0 Å². The second kappa shape index (κ2) is 9.79. The lowest BCUT2D eigenvalue weighted by Crippen LogP contribution is -2.33. The third kappa shape index (κ3) is 6.75. The fourth-order valence-electron chi connectivity index (χ4n) is 2.85. The van der Waals surface area contributed by atoms with Crippen LogP contribution < -0.4 is 10.6 Å². The molecule has 2 fully saturated rings. The Morgan fingerprint density at radius 3 is 1.45 bits per heavy atom. The predicted molar refractivity (Wildman–Crippen MR) is 82.4 cm³/mol. The smallest absolute Gasteiger partial charge is 0.306 e. The van der Waals surface area contributed by atoms with Gasteiger partial charge in [0, 0.05) is 12.8 Å². The van der Waals surface area contributed by atoms with E-state index < -0.39 is 0 Å². The molecule has 0 spiro atoms. The lowest BCUT2D eigenvalue weighted by Gasteiger charge is -2.23. The number of hydrogen-bond acceptors (Lipinski definition) is 6. The first-order chi connectivity index (χ1) is 10.7. The van der Waals surface area contributed by atoms with Gasteiger partial charge in [0.2, 0.25) is 0 Å². The van der Waals surface area contributed by atoms with Crippen LogP contribution in [0.25, 0.3) is 0 Å². The largest absolute Gasteiger partial charge is 0.462 e. The average Bonchev–Trinajstić information content (AvgIpc) is 2.53. The van der Waals surface area contributed by atoms with Crippen LogP contribution in [0.4, 0.5) is 0 Å². The van der Waals surface area contributed by atoms with Gasteiger partial charge >= 0.3 is 11.9 Å². The van der Waals surface area contributed by atoms with Crippen molar-refractivity contribution in [1.82, 2.24) is 10.6 Å². The standard InChI is InChI=1S/C16H28N2O4/c19-15(21-13-5-9-17-10-6-13)3-1-2-4-16(20)22-14-7-11-18-12-8-14/h13-14,17-18H,1-12H2. The van der Waals surface area contributed by atoms with E-state index in [2.05, 4.69) is 10.6 Å². The van der Waals surface area contributed by atoms with E-state index in [0.717, 1.165) is 51.9 Å². The van der Waals surface area contributed by atoms with Gasteiger partial charge in [-0.25, -0.2) is 0 Å². The monoisotopic (exact) mass is 312 g/mol. The van der Waals surface area contributed by atoms with Crippen LogP contribution in [0.2, 0.25) is 0 Å². The fraction of sp³-hybridized carbons (Fsp3) is 0.875. The molecule has 0 amide bonds. The summed E-state index contributed by atoms with van der Waals surface area (Å²) in [6.07, 6.45) is 5.88. The van der Waals surface area contributed by atoms with Crippen molar-refractivity contribution in [2.75, 3.05) is 26.2 Å². The first kappa shape index (κ1) is 17.2. The molecule has 6 heteroatoms. The first-order valence-corrected chi connectivity index (χ1v) is 8.54. The summed E-state index contributed by atoms with van der Waals surface area (Å²) in [5, 5.41) is 6.48. The van der Waals surface area contributed by atoms with Gasteiger partial charge in [-0.3, -0.25) is 9.59 Å². The van der Waals surface area contributed by atoms with E-state index in [1.54, 1.807) is 0 Å². The van der Waals surface area contributed by atoms with E-state index in [4.69, 9.17) is 9.47 Å². The lowest BCUT2D eigenvalue weighted by molar-refractivity contribution is -0.152. The number of rotatable bonds is 7. The second-order valence-corrected chi connectivity index (χ2v) is 6.09. The molecule has 22 heavy (non-hydrogen) atoms. The van der Waals surface area contributed by atoms with E-state index in [-0.39, 0.29) is 24.1 Å². The summed E-state index contributed by atoms with van der Waals surface area (Å²) in [4.78, 5) is 23.4. The van der Waals surface area contributed by atoms with Crippen LogP contribution >= 0.6 is 0 Å². The minimum Gasteiger partial charge on any atom is -0.462 e. The Balaban J connectivity index is 1.48. The van der Waals surface area contributed by atoms with Crippen molar-refractivity contribution in [2.45, 2.75) is 63.6 Å². The molecule has 0 radical (unpaired) electrons. The van der Waals surface area contributed by atoms with E-state index in [0.29, 0.717) is 25.7 Å². The van der Waals surface area contributed by atoms with Crippen LogP contribution in [0.1, 0.15) is 51.4 Å². The summed E-state index contributed by atoms with van der Waals surface area (Å²) in [6, 6.07) is 0. The van der Waals surface area contributed by atoms with E-state index in [1.165, 1.54) is 0 Å². The van der Waals surface area contributed by atoms with Crippen molar-refractivity contribution in [3.05, 3.63) is 0 Å². The molecule has 2 aliphatic heterocycles. The summed E-state index contributed by atoms with van der Waals surface area (Å²) in [5.41, 5.74) is 0. The first-order valence-electron chi connectivity index (χ1n) is 8.54. The van der Waals surface area contributed by atoms with E-state index in [1.807, 2.05) is 0 Å². The molecule has 2 N–H and O–H groups in total. The Bertz CT molecular complexity index is 316. The number of nitrogens with one attached hydrogen (secondary N) is 2. The molecule has 0 aromatic rings. The Kier molecular flexibility index (Phi) is 7.66.